The van der Waals surface area contributed by atoms with Crippen LogP contribution in [0.2, 0.25) is 0 Å². The third kappa shape index (κ3) is 4.98. The van der Waals surface area contributed by atoms with Gasteiger partial charge in [0.1, 0.15) is 5.82 Å². The molecule has 2 amide bonds. The van der Waals surface area contributed by atoms with E-state index in [1.165, 1.54) is 30.6 Å². The Morgan fingerprint density at radius 1 is 0.963 bits per heavy atom. The Morgan fingerprint density at radius 3 is 2.37 bits per heavy atom. The molecule has 0 bridgehead atoms. The average molecular weight is 363 g/mol. The van der Waals surface area contributed by atoms with Crippen LogP contribution in [0.15, 0.2) is 67.0 Å². The second-order valence-corrected chi connectivity index (χ2v) is 6.10. The maximum absolute atomic E-state index is 12.9. The molecule has 0 aliphatic rings. The lowest BCUT2D eigenvalue weighted by atomic mass is 10.1. The van der Waals surface area contributed by atoms with E-state index in [2.05, 4.69) is 15.6 Å². The van der Waals surface area contributed by atoms with Gasteiger partial charge in [-0.25, -0.2) is 4.39 Å². The first-order chi connectivity index (χ1) is 13.0. The summed E-state index contributed by atoms with van der Waals surface area (Å²) in [4.78, 5) is 28.7. The van der Waals surface area contributed by atoms with Crippen LogP contribution in [-0.2, 0) is 6.54 Å². The zero-order valence-electron chi connectivity index (χ0n) is 14.7. The highest BCUT2D eigenvalue weighted by molar-refractivity contribution is 6.05. The van der Waals surface area contributed by atoms with Gasteiger partial charge in [-0.3, -0.25) is 14.6 Å². The number of hydrogen-bond acceptors (Lipinski definition) is 3. The lowest BCUT2D eigenvalue weighted by molar-refractivity contribution is 0.0950. The molecule has 6 heteroatoms. The minimum Gasteiger partial charge on any atom is -0.348 e. The largest absolute Gasteiger partial charge is 0.348 e. The first-order valence-electron chi connectivity index (χ1n) is 8.37. The summed E-state index contributed by atoms with van der Waals surface area (Å²) in [5.74, 6) is -1.04. The second-order valence-electron chi connectivity index (χ2n) is 6.10. The minimum atomic E-state index is -0.364. The van der Waals surface area contributed by atoms with Crippen LogP contribution >= 0.6 is 0 Å². The minimum absolute atomic E-state index is 0.249. The van der Waals surface area contributed by atoms with Crippen LogP contribution in [0.25, 0.3) is 0 Å². The third-order valence-corrected chi connectivity index (χ3v) is 3.90. The molecular formula is C21H18FN3O2. The Hall–Kier alpha value is -3.54. The molecular weight excluding hydrogens is 345 g/mol. The molecule has 0 radical (unpaired) electrons. The fourth-order valence-corrected chi connectivity index (χ4v) is 2.50. The van der Waals surface area contributed by atoms with E-state index in [9.17, 15) is 14.0 Å². The maximum atomic E-state index is 12.9. The molecule has 5 nitrogen and oxygen atoms in total. The van der Waals surface area contributed by atoms with Crippen molar-refractivity contribution in [1.29, 1.82) is 0 Å². The molecule has 0 saturated heterocycles. The number of benzene rings is 2. The summed E-state index contributed by atoms with van der Waals surface area (Å²) in [6, 6.07) is 14.8. The molecule has 2 N–H and O–H groups in total. The summed E-state index contributed by atoms with van der Waals surface area (Å²) in [5.41, 5.74) is 3.03. The number of rotatable bonds is 5. The lowest BCUT2D eigenvalue weighted by Crippen LogP contribution is -2.23. The van der Waals surface area contributed by atoms with Crippen molar-refractivity contribution in [2.75, 3.05) is 5.32 Å². The summed E-state index contributed by atoms with van der Waals surface area (Å²) >= 11 is 0. The van der Waals surface area contributed by atoms with Crippen LogP contribution in [0.3, 0.4) is 0 Å². The number of hydrogen-bond donors (Lipinski definition) is 2. The molecule has 27 heavy (non-hydrogen) atoms. The number of anilines is 1. The number of carbonyl (C=O) groups excluding carboxylic acids is 2. The second kappa shape index (κ2) is 8.23. The number of aryl methyl sites for hydroxylation is 1. The van der Waals surface area contributed by atoms with E-state index in [0.29, 0.717) is 5.69 Å². The van der Waals surface area contributed by atoms with Crippen molar-refractivity contribution in [3.63, 3.8) is 0 Å². The van der Waals surface area contributed by atoms with Crippen molar-refractivity contribution >= 4 is 17.5 Å². The molecule has 1 heterocycles. The smallest absolute Gasteiger partial charge is 0.257 e. The van der Waals surface area contributed by atoms with Crippen LogP contribution in [0.4, 0.5) is 10.1 Å². The van der Waals surface area contributed by atoms with Crippen molar-refractivity contribution in [1.82, 2.24) is 10.3 Å². The van der Waals surface area contributed by atoms with Crippen molar-refractivity contribution in [2.45, 2.75) is 13.5 Å². The molecule has 0 fully saturated rings. The van der Waals surface area contributed by atoms with E-state index in [1.54, 1.807) is 18.2 Å². The number of nitrogens with one attached hydrogen (secondary N) is 2. The molecule has 3 aromatic rings. The molecule has 0 unspecified atom stereocenters. The molecule has 0 saturated carbocycles. The van der Waals surface area contributed by atoms with Gasteiger partial charge in [-0.2, -0.15) is 0 Å². The highest BCUT2D eigenvalue weighted by Gasteiger charge is 2.12. The number of aromatic nitrogens is 1. The first-order valence-corrected chi connectivity index (χ1v) is 8.37. The molecule has 0 spiro atoms. The Balaban J connectivity index is 1.66. The zero-order valence-corrected chi connectivity index (χ0v) is 14.7. The summed E-state index contributed by atoms with van der Waals surface area (Å²) in [6.45, 7) is 2.18. The van der Waals surface area contributed by atoms with E-state index in [4.69, 9.17) is 0 Å². The predicted octanol–water partition coefficient (Wildman–Crippen LogP) is 3.71. The SMILES string of the molecule is Cc1cccc(NC(=O)c2cncc(C(=O)NCc3ccc(F)cc3)c2)c1. The summed E-state index contributed by atoms with van der Waals surface area (Å²) in [7, 11) is 0. The van der Waals surface area contributed by atoms with Gasteiger partial charge in [-0.15, -0.1) is 0 Å². The standard InChI is InChI=1S/C21H18FN3O2/c1-14-3-2-4-19(9-14)25-21(27)17-10-16(12-23-13-17)20(26)24-11-15-5-7-18(22)8-6-15/h2-10,12-13H,11H2,1H3,(H,24,26)(H,25,27). The van der Waals surface area contributed by atoms with Gasteiger partial charge >= 0.3 is 0 Å². The predicted molar refractivity (Wildman–Crippen MR) is 101 cm³/mol. The zero-order chi connectivity index (χ0) is 19.2. The molecule has 0 atom stereocenters. The fraction of sp³-hybridized carbons (Fsp3) is 0.0952. The monoisotopic (exact) mass is 363 g/mol. The van der Waals surface area contributed by atoms with Gasteiger partial charge in [0.25, 0.3) is 11.8 Å². The third-order valence-electron chi connectivity index (χ3n) is 3.90. The van der Waals surface area contributed by atoms with Crippen LogP contribution in [-0.4, -0.2) is 16.8 Å². The molecule has 2 aromatic carbocycles. The lowest BCUT2D eigenvalue weighted by Gasteiger charge is -2.08. The van der Waals surface area contributed by atoms with Gasteiger partial charge in [0.15, 0.2) is 0 Å². The van der Waals surface area contributed by atoms with E-state index in [0.717, 1.165) is 11.1 Å². The van der Waals surface area contributed by atoms with Crippen LogP contribution in [0.5, 0.6) is 0 Å². The van der Waals surface area contributed by atoms with Gasteiger partial charge in [-0.05, 0) is 48.4 Å². The van der Waals surface area contributed by atoms with Gasteiger partial charge in [0.2, 0.25) is 0 Å². The Labute approximate surface area is 156 Å². The molecule has 1 aromatic heterocycles. The summed E-state index contributed by atoms with van der Waals surface area (Å²) < 4.78 is 12.9. The van der Waals surface area contributed by atoms with Crippen LogP contribution < -0.4 is 10.6 Å². The van der Waals surface area contributed by atoms with E-state index in [1.807, 2.05) is 25.1 Å². The van der Waals surface area contributed by atoms with E-state index in [-0.39, 0.29) is 35.3 Å². The number of halogens is 1. The Morgan fingerprint density at radius 2 is 1.67 bits per heavy atom. The molecule has 0 aliphatic carbocycles. The van der Waals surface area contributed by atoms with Crippen molar-refractivity contribution in [3.05, 3.63) is 95.1 Å². The van der Waals surface area contributed by atoms with E-state index < -0.39 is 0 Å². The number of carbonyl (C=O) groups is 2. The van der Waals surface area contributed by atoms with Crippen molar-refractivity contribution in [3.8, 4) is 0 Å². The molecule has 3 rings (SSSR count). The topological polar surface area (TPSA) is 71.1 Å². The normalized spacial score (nSPS) is 10.3. The molecule has 0 aliphatic heterocycles. The molecule has 136 valence electrons. The van der Waals surface area contributed by atoms with E-state index >= 15 is 0 Å². The van der Waals surface area contributed by atoms with Gasteiger partial charge in [-0.1, -0.05) is 24.3 Å². The fourth-order valence-electron chi connectivity index (χ4n) is 2.50. The maximum Gasteiger partial charge on any atom is 0.257 e. The van der Waals surface area contributed by atoms with Crippen LogP contribution in [0, 0.1) is 12.7 Å². The number of pyridine rings is 1. The first kappa shape index (κ1) is 18.3. The van der Waals surface area contributed by atoms with Gasteiger partial charge in [0.05, 0.1) is 11.1 Å². The summed E-state index contributed by atoms with van der Waals surface area (Å²) in [6.07, 6.45) is 2.80. The van der Waals surface area contributed by atoms with Crippen LogP contribution in [0.1, 0.15) is 31.8 Å². The van der Waals surface area contributed by atoms with Crippen molar-refractivity contribution < 1.29 is 14.0 Å². The van der Waals surface area contributed by atoms with Gasteiger partial charge in [0, 0.05) is 24.6 Å². The average Bonchev–Trinajstić information content (AvgIpc) is 2.67. The number of amides is 2. The van der Waals surface area contributed by atoms with Crippen molar-refractivity contribution in [2.24, 2.45) is 0 Å². The Kier molecular flexibility index (Phi) is 5.56. The highest BCUT2D eigenvalue weighted by Crippen LogP contribution is 2.12. The highest BCUT2D eigenvalue weighted by atomic mass is 19.1. The Bertz CT molecular complexity index is 971. The quantitative estimate of drug-likeness (QED) is 0.726. The number of nitrogens with zero attached hydrogens (tertiary/aromatic N) is 1. The summed E-state index contributed by atoms with van der Waals surface area (Å²) in [5, 5.41) is 5.51. The van der Waals surface area contributed by atoms with Gasteiger partial charge < -0.3 is 10.6 Å².